The number of rotatable bonds is 6. The first-order valence-electron chi connectivity index (χ1n) is 13.9. The van der Waals surface area contributed by atoms with E-state index in [9.17, 15) is 60.0 Å². The number of aldehydes is 1. The van der Waals surface area contributed by atoms with Gasteiger partial charge in [-0.05, 0) is 62.2 Å². The summed E-state index contributed by atoms with van der Waals surface area (Å²) in [6.45, 7) is 4.35. The fraction of sp³-hybridized carbons (Fsp3) is 0.118. The number of carboxylic acids is 1. The number of phenolic OH excluding ortho intramolecular Hbond substituents is 5. The summed E-state index contributed by atoms with van der Waals surface area (Å²) in [5.74, 6) is -6.09. The van der Waals surface area contributed by atoms with Crippen molar-refractivity contribution < 1.29 is 69.1 Å². The first-order valence-corrected chi connectivity index (χ1v) is 13.9. The van der Waals surface area contributed by atoms with Gasteiger partial charge in [-0.15, -0.1) is 0 Å². The lowest BCUT2D eigenvalue weighted by atomic mass is 10.0. The molecule has 0 saturated carbocycles. The second kappa shape index (κ2) is 13.4. The molecule has 5 rings (SSSR count). The third kappa shape index (κ3) is 6.53. The molecule has 0 aliphatic heterocycles. The molecule has 15 nitrogen and oxygen atoms in total. The summed E-state index contributed by atoms with van der Waals surface area (Å²) >= 11 is 0. The third-order valence-electron chi connectivity index (χ3n) is 7.33. The number of carbonyl (C=O) groups excluding carboxylic acids is 2. The van der Waals surface area contributed by atoms with E-state index < -0.39 is 46.1 Å². The minimum atomic E-state index is -1.38. The van der Waals surface area contributed by atoms with Crippen molar-refractivity contribution in [1.82, 2.24) is 0 Å². The molecule has 0 aliphatic carbocycles. The first-order chi connectivity index (χ1) is 23.0. The maximum absolute atomic E-state index is 12.6. The van der Waals surface area contributed by atoms with Gasteiger partial charge in [0.25, 0.3) is 0 Å². The zero-order valence-corrected chi connectivity index (χ0v) is 26.1. The number of ether oxygens (including phenoxy) is 2. The minimum absolute atomic E-state index is 0.0419. The van der Waals surface area contributed by atoms with E-state index >= 15 is 0 Å². The molecule has 0 spiro atoms. The Labute approximate surface area is 275 Å². The number of methoxy groups -OCH3 is 1. The molecule has 0 unspecified atom stereocenters. The Morgan fingerprint density at radius 3 is 2.00 bits per heavy atom. The molecule has 8 N–H and O–H groups in total. The molecule has 1 aromatic heterocycles. The van der Waals surface area contributed by atoms with Crippen LogP contribution in [0.5, 0.6) is 51.7 Å². The molecule has 0 aliphatic rings. The summed E-state index contributed by atoms with van der Waals surface area (Å²) in [5.41, 5.74) is -1.20. The number of benzene rings is 4. The highest BCUT2D eigenvalue weighted by Gasteiger charge is 2.26. The molecule has 254 valence electrons. The molecule has 5 aromatic rings. The maximum atomic E-state index is 12.6. The van der Waals surface area contributed by atoms with E-state index in [0.29, 0.717) is 11.8 Å². The molecule has 0 radical (unpaired) electrons. The van der Waals surface area contributed by atoms with Crippen molar-refractivity contribution in [3.05, 3.63) is 86.1 Å². The molecule has 0 saturated heterocycles. The van der Waals surface area contributed by atoms with E-state index in [1.54, 1.807) is 0 Å². The van der Waals surface area contributed by atoms with Crippen molar-refractivity contribution in [2.75, 3.05) is 7.11 Å². The zero-order chi connectivity index (χ0) is 36.5. The SMILES string of the molecule is COc1cc(C)c(C(=O)Oc2cc(C)c(O)c(C(=O)O)c2C)c(O)c1C=O.O=c1c(O)c(-c2ccc(O)c(O)c2)oc2cc(O)cc(O)c12. The van der Waals surface area contributed by atoms with Gasteiger partial charge in [0.1, 0.15) is 56.6 Å². The van der Waals surface area contributed by atoms with Crippen LogP contribution in [0.4, 0.5) is 0 Å². The Hall–Kier alpha value is -6.90. The monoisotopic (exact) mass is 676 g/mol. The highest BCUT2D eigenvalue weighted by atomic mass is 16.5. The van der Waals surface area contributed by atoms with Crippen LogP contribution in [0.25, 0.3) is 22.3 Å². The Balaban J connectivity index is 0.000000225. The predicted molar refractivity (Wildman–Crippen MR) is 171 cm³/mol. The van der Waals surface area contributed by atoms with Crippen molar-refractivity contribution in [2.45, 2.75) is 20.8 Å². The van der Waals surface area contributed by atoms with Gasteiger partial charge in [0.15, 0.2) is 23.5 Å². The van der Waals surface area contributed by atoms with Crippen LogP contribution in [0.1, 0.15) is 47.8 Å². The van der Waals surface area contributed by atoms with Crippen LogP contribution in [0.15, 0.2) is 51.7 Å². The Kier molecular flexibility index (Phi) is 9.60. The number of aryl methyl sites for hydroxylation is 2. The van der Waals surface area contributed by atoms with Gasteiger partial charge in [0.2, 0.25) is 11.2 Å². The molecule has 0 fully saturated rings. The zero-order valence-electron chi connectivity index (χ0n) is 26.1. The Bertz CT molecular complexity index is 2230. The number of esters is 1. The highest BCUT2D eigenvalue weighted by molar-refractivity contribution is 6.01. The van der Waals surface area contributed by atoms with Gasteiger partial charge in [0.05, 0.1) is 12.7 Å². The van der Waals surface area contributed by atoms with E-state index in [0.717, 1.165) is 24.3 Å². The van der Waals surface area contributed by atoms with Crippen molar-refractivity contribution in [3.63, 3.8) is 0 Å². The van der Waals surface area contributed by atoms with E-state index in [4.69, 9.17) is 13.9 Å². The van der Waals surface area contributed by atoms with Gasteiger partial charge in [0, 0.05) is 23.3 Å². The number of aromatic hydroxyl groups is 7. The van der Waals surface area contributed by atoms with Gasteiger partial charge < -0.3 is 54.7 Å². The lowest BCUT2D eigenvalue weighted by Gasteiger charge is -2.16. The average molecular weight is 677 g/mol. The normalized spacial score (nSPS) is 10.6. The third-order valence-corrected chi connectivity index (χ3v) is 7.33. The molecule has 15 heteroatoms. The van der Waals surface area contributed by atoms with Crippen molar-refractivity contribution in [1.29, 1.82) is 0 Å². The van der Waals surface area contributed by atoms with E-state index in [1.165, 1.54) is 46.1 Å². The lowest BCUT2D eigenvalue weighted by molar-refractivity contribution is 0.0681. The van der Waals surface area contributed by atoms with Crippen molar-refractivity contribution in [2.24, 2.45) is 0 Å². The Morgan fingerprint density at radius 1 is 0.755 bits per heavy atom. The second-order valence-electron chi connectivity index (χ2n) is 10.5. The van der Waals surface area contributed by atoms with Crippen LogP contribution in [0.2, 0.25) is 0 Å². The standard InChI is InChI=1S/C19H18O8.C15H10O7/c1-8-5-13(26-4)11(7-20)17(22)14(8)19(25)27-12-6-9(2)16(21)15(10(12)3)18(23)24;16-7-4-10(19)12-11(5-7)22-15(14(21)13(12)20)6-1-2-8(17)9(18)3-6/h5-7,21-22H,1-4H3,(H,23,24);1-5,16-19,21H. The van der Waals surface area contributed by atoms with Crippen LogP contribution < -0.4 is 14.9 Å². The van der Waals surface area contributed by atoms with E-state index in [2.05, 4.69) is 0 Å². The van der Waals surface area contributed by atoms with E-state index in [-0.39, 0.29) is 73.1 Å². The van der Waals surface area contributed by atoms with Gasteiger partial charge in [-0.25, -0.2) is 9.59 Å². The van der Waals surface area contributed by atoms with Crippen LogP contribution in [0, 0.1) is 20.8 Å². The van der Waals surface area contributed by atoms with E-state index in [1.807, 2.05) is 0 Å². The summed E-state index contributed by atoms with van der Waals surface area (Å²) in [4.78, 5) is 47.3. The van der Waals surface area contributed by atoms with Gasteiger partial charge in [-0.2, -0.15) is 0 Å². The molecule has 0 amide bonds. The van der Waals surface area contributed by atoms with Crippen LogP contribution >= 0.6 is 0 Å². The molecular formula is C34H28O15. The van der Waals surface area contributed by atoms with Crippen molar-refractivity contribution in [3.8, 4) is 63.1 Å². The summed E-state index contributed by atoms with van der Waals surface area (Å²) in [6.07, 6.45) is 0.350. The summed E-state index contributed by atoms with van der Waals surface area (Å²) in [5, 5.41) is 77.1. The van der Waals surface area contributed by atoms with Crippen LogP contribution in [-0.4, -0.2) is 66.2 Å². The molecular weight excluding hydrogens is 648 g/mol. The Morgan fingerprint density at radius 2 is 1.41 bits per heavy atom. The number of carboxylic acid groups (broad SMARTS) is 1. The van der Waals surface area contributed by atoms with Crippen LogP contribution in [0.3, 0.4) is 0 Å². The number of phenols is 6. The number of fused-ring (bicyclic) bond motifs is 1. The van der Waals surface area contributed by atoms with Crippen LogP contribution in [-0.2, 0) is 0 Å². The van der Waals surface area contributed by atoms with Gasteiger partial charge >= 0.3 is 11.9 Å². The highest BCUT2D eigenvalue weighted by Crippen LogP contribution is 2.39. The number of carbonyl (C=O) groups is 3. The molecule has 0 bridgehead atoms. The number of hydrogen-bond donors (Lipinski definition) is 8. The van der Waals surface area contributed by atoms with Crippen molar-refractivity contribution >= 4 is 29.2 Å². The number of hydrogen-bond acceptors (Lipinski definition) is 14. The maximum Gasteiger partial charge on any atom is 0.347 e. The predicted octanol–water partition coefficient (Wildman–Crippen LogP) is 4.75. The molecule has 0 atom stereocenters. The fourth-order valence-electron chi connectivity index (χ4n) is 4.85. The summed E-state index contributed by atoms with van der Waals surface area (Å²) in [7, 11) is 1.31. The first kappa shape index (κ1) is 35.0. The smallest absolute Gasteiger partial charge is 0.347 e. The minimum Gasteiger partial charge on any atom is -0.508 e. The van der Waals surface area contributed by atoms with Gasteiger partial charge in [-0.3, -0.25) is 9.59 Å². The van der Waals surface area contributed by atoms with Gasteiger partial charge in [-0.1, -0.05) is 0 Å². The lowest BCUT2D eigenvalue weighted by Crippen LogP contribution is -2.14. The molecule has 49 heavy (non-hydrogen) atoms. The quantitative estimate of drug-likeness (QED) is 0.0522. The summed E-state index contributed by atoms with van der Waals surface area (Å²) in [6, 6.07) is 8.35. The topological polar surface area (TPSA) is 262 Å². The fourth-order valence-corrected chi connectivity index (χ4v) is 4.85. The molecule has 1 heterocycles. The number of aromatic carboxylic acids is 1. The molecule has 4 aromatic carbocycles. The second-order valence-corrected chi connectivity index (χ2v) is 10.5. The largest absolute Gasteiger partial charge is 0.508 e. The average Bonchev–Trinajstić information content (AvgIpc) is 3.02. The summed E-state index contributed by atoms with van der Waals surface area (Å²) < 4.78 is 15.6.